The Labute approximate surface area is 194 Å². The van der Waals surface area contributed by atoms with E-state index in [1.807, 2.05) is 63.2 Å². The summed E-state index contributed by atoms with van der Waals surface area (Å²) in [5, 5.41) is 2.77. The van der Waals surface area contributed by atoms with E-state index in [2.05, 4.69) is 15.3 Å². The lowest BCUT2D eigenvalue weighted by atomic mass is 10.0. The number of ketones is 1. The molecule has 0 unspecified atom stereocenters. The molecule has 3 aromatic rings. The number of hydrogen-bond acceptors (Lipinski definition) is 6. The van der Waals surface area contributed by atoms with Gasteiger partial charge in [0.25, 0.3) is 5.89 Å². The Hall–Kier alpha value is -3.48. The van der Waals surface area contributed by atoms with E-state index in [-0.39, 0.29) is 11.7 Å². The van der Waals surface area contributed by atoms with Crippen molar-refractivity contribution in [1.82, 2.24) is 9.97 Å². The summed E-state index contributed by atoms with van der Waals surface area (Å²) < 4.78 is 10.9. The molecule has 0 atom stereocenters. The molecule has 174 valence electrons. The number of pyridine rings is 1. The predicted octanol–water partition coefficient (Wildman–Crippen LogP) is 6.46. The first-order chi connectivity index (χ1) is 15.8. The van der Waals surface area contributed by atoms with Crippen LogP contribution < -0.4 is 5.32 Å². The van der Waals surface area contributed by atoms with E-state index in [4.69, 9.17) is 9.15 Å². The maximum absolute atomic E-state index is 12.3. The van der Waals surface area contributed by atoms with Gasteiger partial charge in [0.05, 0.1) is 6.20 Å². The van der Waals surface area contributed by atoms with Crippen LogP contribution in [0.5, 0.6) is 0 Å². The van der Waals surface area contributed by atoms with Crippen LogP contribution in [0.25, 0.3) is 11.5 Å². The van der Waals surface area contributed by atoms with Gasteiger partial charge >= 0.3 is 6.09 Å². The Kier molecular flexibility index (Phi) is 8.35. The molecule has 1 amide bonds. The highest BCUT2D eigenvalue weighted by Gasteiger charge is 2.16. The van der Waals surface area contributed by atoms with Gasteiger partial charge in [-0.05, 0) is 69.9 Å². The number of oxazole rings is 1. The number of carbonyl (C=O) groups excluding carboxylic acids is 2. The minimum absolute atomic E-state index is 0.0851. The van der Waals surface area contributed by atoms with Gasteiger partial charge in [0.15, 0.2) is 5.76 Å². The van der Waals surface area contributed by atoms with Crippen molar-refractivity contribution in [2.45, 2.75) is 64.9 Å². The van der Waals surface area contributed by atoms with Gasteiger partial charge in [-0.3, -0.25) is 15.1 Å². The lowest BCUT2D eigenvalue weighted by Crippen LogP contribution is -2.27. The Morgan fingerprint density at radius 1 is 1.00 bits per heavy atom. The number of hydrogen-bond donors (Lipinski definition) is 1. The molecule has 0 fully saturated rings. The lowest BCUT2D eigenvalue weighted by Gasteiger charge is -2.19. The molecule has 0 aliphatic carbocycles. The predicted molar refractivity (Wildman–Crippen MR) is 127 cm³/mol. The van der Waals surface area contributed by atoms with Gasteiger partial charge in [-0.15, -0.1) is 0 Å². The highest BCUT2D eigenvalue weighted by Crippen LogP contribution is 2.19. The molecule has 7 heteroatoms. The van der Waals surface area contributed by atoms with Crippen LogP contribution in [0.1, 0.15) is 69.1 Å². The molecular weight excluding hydrogens is 418 g/mol. The molecule has 2 aromatic heterocycles. The smallest absolute Gasteiger partial charge is 0.412 e. The van der Waals surface area contributed by atoms with E-state index in [0.29, 0.717) is 17.9 Å². The number of aromatic nitrogens is 2. The number of aryl methyl sites for hydroxylation is 1. The number of ether oxygens (including phenoxy) is 1. The highest BCUT2D eigenvalue weighted by atomic mass is 16.6. The van der Waals surface area contributed by atoms with Crippen LogP contribution in [-0.2, 0) is 11.2 Å². The quantitative estimate of drug-likeness (QED) is 0.282. The van der Waals surface area contributed by atoms with Crippen molar-refractivity contribution < 1.29 is 18.7 Å². The number of nitrogens with zero attached hydrogens (tertiary/aromatic N) is 2. The van der Waals surface area contributed by atoms with Crippen molar-refractivity contribution in [3.8, 4) is 11.5 Å². The molecule has 0 aliphatic rings. The molecular formula is C26H31N3O4. The SMILES string of the molecule is CC(C)(C)OC(=O)Nc1cccc(CCCCCCC(=O)c2ncc(-c3ccccn3)o2)c1. The second kappa shape index (κ2) is 11.4. The number of benzene rings is 1. The summed E-state index contributed by atoms with van der Waals surface area (Å²) in [6.07, 6.45) is 7.85. The van der Waals surface area contributed by atoms with Crippen molar-refractivity contribution in [2.75, 3.05) is 5.32 Å². The third-order valence-corrected chi connectivity index (χ3v) is 4.85. The molecule has 0 radical (unpaired) electrons. The fourth-order valence-electron chi connectivity index (χ4n) is 3.33. The van der Waals surface area contributed by atoms with Crippen LogP contribution >= 0.6 is 0 Å². The number of rotatable bonds is 10. The van der Waals surface area contributed by atoms with Crippen LogP contribution in [0.2, 0.25) is 0 Å². The lowest BCUT2D eigenvalue weighted by molar-refractivity contribution is 0.0635. The van der Waals surface area contributed by atoms with Crippen LogP contribution in [0.3, 0.4) is 0 Å². The topological polar surface area (TPSA) is 94.3 Å². The number of unbranched alkanes of at least 4 members (excludes halogenated alkanes) is 3. The van der Waals surface area contributed by atoms with E-state index < -0.39 is 11.7 Å². The fourth-order valence-corrected chi connectivity index (χ4v) is 3.33. The van der Waals surface area contributed by atoms with Crippen molar-refractivity contribution in [3.63, 3.8) is 0 Å². The summed E-state index contributed by atoms with van der Waals surface area (Å²) >= 11 is 0. The minimum Gasteiger partial charge on any atom is -0.444 e. The van der Waals surface area contributed by atoms with Crippen LogP contribution in [0, 0.1) is 0 Å². The molecule has 7 nitrogen and oxygen atoms in total. The first kappa shape index (κ1) is 24.2. The zero-order valence-electron chi connectivity index (χ0n) is 19.5. The van der Waals surface area contributed by atoms with Crippen LogP contribution in [0.15, 0.2) is 59.3 Å². The number of nitrogens with one attached hydrogen (secondary N) is 1. The summed E-state index contributed by atoms with van der Waals surface area (Å²) in [6, 6.07) is 13.3. The third kappa shape index (κ3) is 8.18. The zero-order chi connectivity index (χ0) is 23.7. The molecule has 0 bridgehead atoms. The van der Waals surface area contributed by atoms with Crippen molar-refractivity contribution in [2.24, 2.45) is 0 Å². The molecule has 33 heavy (non-hydrogen) atoms. The second-order valence-corrected chi connectivity index (χ2v) is 8.91. The van der Waals surface area contributed by atoms with Gasteiger partial charge in [0.1, 0.15) is 11.3 Å². The Balaban J connectivity index is 1.35. The maximum atomic E-state index is 12.3. The molecule has 0 saturated carbocycles. The van der Waals surface area contributed by atoms with Crippen LogP contribution in [-0.4, -0.2) is 27.4 Å². The Morgan fingerprint density at radius 3 is 2.58 bits per heavy atom. The first-order valence-electron chi connectivity index (χ1n) is 11.3. The third-order valence-electron chi connectivity index (χ3n) is 4.85. The largest absolute Gasteiger partial charge is 0.444 e. The standard InChI is InChI=1S/C26H31N3O4/c1-26(2,3)33-25(31)29-20-13-10-12-19(17-20)11-6-4-5-7-15-22(30)24-28-18-23(32-24)21-14-8-9-16-27-21/h8-10,12-14,16-18H,4-7,11,15H2,1-3H3,(H,29,31). The van der Waals surface area contributed by atoms with Crippen molar-refractivity contribution in [1.29, 1.82) is 0 Å². The monoisotopic (exact) mass is 449 g/mol. The number of Topliss-reactive ketones (excluding diaryl/α,β-unsaturated/α-hetero) is 1. The van der Waals surface area contributed by atoms with Crippen molar-refractivity contribution in [3.05, 3.63) is 66.3 Å². The second-order valence-electron chi connectivity index (χ2n) is 8.91. The van der Waals surface area contributed by atoms with E-state index in [9.17, 15) is 9.59 Å². The van der Waals surface area contributed by atoms with Gasteiger partial charge in [0, 0.05) is 18.3 Å². The molecule has 0 aliphatic heterocycles. The molecule has 3 rings (SSSR count). The average Bonchev–Trinajstić information content (AvgIpc) is 3.26. The highest BCUT2D eigenvalue weighted by molar-refractivity contribution is 5.91. The summed E-state index contributed by atoms with van der Waals surface area (Å²) in [4.78, 5) is 32.6. The fraction of sp³-hybridized carbons (Fsp3) is 0.385. The van der Waals surface area contributed by atoms with E-state index in [0.717, 1.165) is 43.4 Å². The van der Waals surface area contributed by atoms with E-state index >= 15 is 0 Å². The number of anilines is 1. The van der Waals surface area contributed by atoms with Crippen LogP contribution in [0.4, 0.5) is 10.5 Å². The van der Waals surface area contributed by atoms with Crippen molar-refractivity contribution >= 4 is 17.6 Å². The van der Waals surface area contributed by atoms with Gasteiger partial charge in [0.2, 0.25) is 5.78 Å². The maximum Gasteiger partial charge on any atom is 0.412 e. The molecule has 1 aromatic carbocycles. The molecule has 0 spiro atoms. The zero-order valence-corrected chi connectivity index (χ0v) is 19.5. The number of amides is 1. The average molecular weight is 450 g/mol. The van der Waals surface area contributed by atoms with Gasteiger partial charge < -0.3 is 9.15 Å². The Morgan fingerprint density at radius 2 is 1.82 bits per heavy atom. The first-order valence-corrected chi connectivity index (χ1v) is 11.3. The van der Waals surface area contributed by atoms with Gasteiger partial charge in [-0.2, -0.15) is 0 Å². The molecule has 2 heterocycles. The summed E-state index contributed by atoms with van der Waals surface area (Å²) in [7, 11) is 0. The summed E-state index contributed by atoms with van der Waals surface area (Å²) in [5.41, 5.74) is 2.01. The normalized spacial score (nSPS) is 11.2. The molecule has 1 N–H and O–H groups in total. The summed E-state index contributed by atoms with van der Waals surface area (Å²) in [5.74, 6) is 0.561. The minimum atomic E-state index is -0.530. The molecule has 0 saturated heterocycles. The van der Waals surface area contributed by atoms with Gasteiger partial charge in [-0.1, -0.05) is 31.0 Å². The van der Waals surface area contributed by atoms with E-state index in [1.165, 1.54) is 0 Å². The summed E-state index contributed by atoms with van der Waals surface area (Å²) in [6.45, 7) is 5.50. The number of carbonyl (C=O) groups is 2. The van der Waals surface area contributed by atoms with Gasteiger partial charge in [-0.25, -0.2) is 9.78 Å². The Bertz CT molecular complexity index is 1050. The van der Waals surface area contributed by atoms with E-state index in [1.54, 1.807) is 12.4 Å².